The second kappa shape index (κ2) is 5.67. The van der Waals surface area contributed by atoms with Gasteiger partial charge in [-0.1, -0.05) is 11.3 Å². The minimum Gasteiger partial charge on any atom is -0.748 e. The van der Waals surface area contributed by atoms with Crippen molar-refractivity contribution < 1.29 is 22.3 Å². The van der Waals surface area contributed by atoms with Crippen LogP contribution in [0, 0.1) is 13.8 Å². The van der Waals surface area contributed by atoms with E-state index in [1.807, 2.05) is 26.0 Å². The first-order valence-electron chi connectivity index (χ1n) is 6.23. The fourth-order valence-corrected chi connectivity index (χ4v) is 3.77. The molecule has 0 unspecified atom stereocenters. The van der Waals surface area contributed by atoms with E-state index >= 15 is 0 Å². The largest absolute Gasteiger partial charge is 0.748 e. The van der Waals surface area contributed by atoms with Gasteiger partial charge in [-0.2, -0.15) is 4.57 Å². The molecule has 1 aromatic carbocycles. The number of benzene rings is 1. The van der Waals surface area contributed by atoms with Gasteiger partial charge >= 0.3 is 0 Å². The fraction of sp³-hybridized carbons (Fsp3) is 0.462. The summed E-state index contributed by atoms with van der Waals surface area (Å²) in [6.45, 7) is 4.48. The molecule has 2 aromatic rings. The van der Waals surface area contributed by atoms with E-state index in [4.69, 9.17) is 4.74 Å². The lowest BCUT2D eigenvalue weighted by Crippen LogP contribution is -2.35. The average molecular weight is 315 g/mol. The maximum atomic E-state index is 10.7. The third-order valence-electron chi connectivity index (χ3n) is 3.18. The first-order valence-corrected chi connectivity index (χ1v) is 8.62. The van der Waals surface area contributed by atoms with Crippen LogP contribution in [0.1, 0.15) is 17.0 Å². The predicted octanol–water partition coefficient (Wildman–Crippen LogP) is 1.75. The van der Waals surface area contributed by atoms with Gasteiger partial charge in [-0.05, 0) is 12.5 Å². The summed E-state index contributed by atoms with van der Waals surface area (Å²) >= 11 is 1.63. The molecule has 0 aliphatic carbocycles. The van der Waals surface area contributed by atoms with Crippen molar-refractivity contribution in [1.29, 1.82) is 0 Å². The highest BCUT2D eigenvalue weighted by Crippen LogP contribution is 2.28. The zero-order valence-electron chi connectivity index (χ0n) is 11.7. The van der Waals surface area contributed by atoms with Crippen molar-refractivity contribution in [1.82, 2.24) is 0 Å². The van der Waals surface area contributed by atoms with Crippen molar-refractivity contribution in [3.63, 3.8) is 0 Å². The number of methoxy groups -OCH3 is 1. The molecule has 0 spiro atoms. The molecule has 0 saturated carbocycles. The molecule has 5 nitrogen and oxygen atoms in total. The molecule has 0 bridgehead atoms. The van der Waals surface area contributed by atoms with Crippen molar-refractivity contribution in [3.05, 3.63) is 22.7 Å². The van der Waals surface area contributed by atoms with Crippen molar-refractivity contribution in [2.75, 3.05) is 12.9 Å². The van der Waals surface area contributed by atoms with Crippen LogP contribution in [0.2, 0.25) is 0 Å². The van der Waals surface area contributed by atoms with Crippen LogP contribution in [-0.4, -0.2) is 25.8 Å². The van der Waals surface area contributed by atoms with Gasteiger partial charge in [0, 0.05) is 31.2 Å². The monoisotopic (exact) mass is 315 g/mol. The molecule has 0 amide bonds. The van der Waals surface area contributed by atoms with Gasteiger partial charge in [0.1, 0.15) is 10.4 Å². The lowest BCUT2D eigenvalue weighted by Gasteiger charge is -2.05. The van der Waals surface area contributed by atoms with Crippen LogP contribution in [0.5, 0.6) is 5.75 Å². The summed E-state index contributed by atoms with van der Waals surface area (Å²) in [5.74, 6) is 0.513. The lowest BCUT2D eigenvalue weighted by atomic mass is 10.2. The van der Waals surface area contributed by atoms with E-state index in [0.717, 1.165) is 26.5 Å². The molecular weight excluding hydrogens is 298 g/mol. The third kappa shape index (κ3) is 3.28. The van der Waals surface area contributed by atoms with E-state index in [2.05, 4.69) is 4.57 Å². The van der Waals surface area contributed by atoms with Gasteiger partial charge in [0.25, 0.3) is 0 Å². The molecule has 0 atom stereocenters. The molecule has 20 heavy (non-hydrogen) atoms. The highest BCUT2D eigenvalue weighted by molar-refractivity contribution is 7.85. The topological polar surface area (TPSA) is 70.3 Å². The van der Waals surface area contributed by atoms with E-state index in [9.17, 15) is 13.0 Å². The molecule has 0 N–H and O–H groups in total. The summed E-state index contributed by atoms with van der Waals surface area (Å²) < 4.78 is 40.5. The Kier molecular flexibility index (Phi) is 4.31. The molecule has 7 heteroatoms. The molecule has 1 aromatic heterocycles. The number of hydrogen-bond donors (Lipinski definition) is 0. The molecule has 0 saturated heterocycles. The summed E-state index contributed by atoms with van der Waals surface area (Å²) in [4.78, 5) is 0. The number of ether oxygens (including phenoxy) is 1. The van der Waals surface area contributed by atoms with Crippen LogP contribution in [-0.2, 0) is 16.7 Å². The molecule has 0 aliphatic heterocycles. The van der Waals surface area contributed by atoms with Gasteiger partial charge in [-0.25, -0.2) is 8.42 Å². The van der Waals surface area contributed by atoms with Crippen LogP contribution in [0.3, 0.4) is 0 Å². The number of hydrogen-bond acceptors (Lipinski definition) is 5. The maximum absolute atomic E-state index is 10.7. The molecular formula is C13H17NO4S2. The van der Waals surface area contributed by atoms with Gasteiger partial charge in [-0.15, -0.1) is 0 Å². The lowest BCUT2D eigenvalue weighted by molar-refractivity contribution is -0.672. The van der Waals surface area contributed by atoms with Gasteiger partial charge in [-0.3, -0.25) is 0 Å². The summed E-state index contributed by atoms with van der Waals surface area (Å²) in [7, 11) is -2.50. The Bertz CT molecular complexity index is 734. The molecule has 2 rings (SSSR count). The Balaban J connectivity index is 2.33. The quantitative estimate of drug-likeness (QED) is 0.622. The molecule has 0 aliphatic rings. The first kappa shape index (κ1) is 15.2. The zero-order chi connectivity index (χ0) is 14.9. The number of thiazole rings is 1. The zero-order valence-corrected chi connectivity index (χ0v) is 13.3. The van der Waals surface area contributed by atoms with Crippen LogP contribution in [0.4, 0.5) is 0 Å². The average Bonchev–Trinajstić information content (AvgIpc) is 2.63. The van der Waals surface area contributed by atoms with Crippen molar-refractivity contribution >= 4 is 31.7 Å². The van der Waals surface area contributed by atoms with E-state index in [1.165, 1.54) is 0 Å². The number of fused-ring (bicyclic) bond motifs is 1. The summed E-state index contributed by atoms with van der Waals surface area (Å²) in [6.07, 6.45) is 0.328. The Morgan fingerprint density at radius 1 is 1.35 bits per heavy atom. The number of nitrogens with zero attached hydrogens (tertiary/aromatic N) is 1. The Morgan fingerprint density at radius 3 is 2.65 bits per heavy atom. The Hall–Kier alpha value is -1.18. The van der Waals surface area contributed by atoms with Crippen LogP contribution in [0.15, 0.2) is 12.1 Å². The fourth-order valence-electron chi connectivity index (χ4n) is 2.23. The minimum absolute atomic E-state index is 0.327. The van der Waals surface area contributed by atoms with Crippen molar-refractivity contribution in [2.45, 2.75) is 26.8 Å². The summed E-state index contributed by atoms with van der Waals surface area (Å²) in [5.41, 5.74) is 2.08. The number of rotatable bonds is 5. The Labute approximate surface area is 122 Å². The van der Waals surface area contributed by atoms with E-state index < -0.39 is 10.1 Å². The van der Waals surface area contributed by atoms with Crippen molar-refractivity contribution in [2.24, 2.45) is 0 Å². The van der Waals surface area contributed by atoms with E-state index in [-0.39, 0.29) is 5.75 Å². The molecule has 1 heterocycles. The SMILES string of the molecule is COc1cc2sc(C)[n+](CCCS(=O)(=O)[O-])c2cc1C. The second-order valence-electron chi connectivity index (χ2n) is 4.68. The van der Waals surface area contributed by atoms with Gasteiger partial charge < -0.3 is 9.29 Å². The minimum atomic E-state index is -4.14. The molecule has 0 radical (unpaired) electrons. The predicted molar refractivity (Wildman–Crippen MR) is 77.2 cm³/mol. The molecule has 110 valence electrons. The standard InChI is InChI=1S/C13H17NO4S2/c1-9-7-11-13(8-12(9)18-3)19-10(2)14(11)5-4-6-20(15,16)17/h7-8H,4-6H2,1-3H3. The summed E-state index contributed by atoms with van der Waals surface area (Å²) in [6, 6.07) is 4.02. The first-order chi connectivity index (χ1) is 9.31. The highest BCUT2D eigenvalue weighted by atomic mass is 32.2. The second-order valence-corrected chi connectivity index (χ2v) is 7.44. The molecule has 0 fully saturated rings. The number of aromatic nitrogens is 1. The van der Waals surface area contributed by atoms with Gasteiger partial charge in [0.2, 0.25) is 10.5 Å². The van der Waals surface area contributed by atoms with Gasteiger partial charge in [0.05, 0.1) is 17.2 Å². The maximum Gasteiger partial charge on any atom is 0.235 e. The van der Waals surface area contributed by atoms with Crippen molar-refractivity contribution in [3.8, 4) is 5.75 Å². The normalized spacial score (nSPS) is 12.0. The van der Waals surface area contributed by atoms with Crippen LogP contribution in [0.25, 0.3) is 10.2 Å². The van der Waals surface area contributed by atoms with E-state index in [1.54, 1.807) is 18.4 Å². The summed E-state index contributed by atoms with van der Waals surface area (Å²) in [5, 5.41) is 1.08. The number of aryl methyl sites for hydroxylation is 3. The van der Waals surface area contributed by atoms with E-state index in [0.29, 0.717) is 13.0 Å². The Morgan fingerprint density at radius 2 is 2.05 bits per heavy atom. The van der Waals surface area contributed by atoms with Gasteiger partial charge in [0.15, 0.2) is 6.54 Å². The highest BCUT2D eigenvalue weighted by Gasteiger charge is 2.19. The van der Waals surface area contributed by atoms with Crippen LogP contribution < -0.4 is 9.30 Å². The third-order valence-corrected chi connectivity index (χ3v) is 5.03. The smallest absolute Gasteiger partial charge is 0.235 e. The van der Waals surface area contributed by atoms with Crippen LogP contribution >= 0.6 is 11.3 Å².